The van der Waals surface area contributed by atoms with Crippen LogP contribution in [0.25, 0.3) is 0 Å². The molecule has 0 bridgehead atoms. The minimum absolute atomic E-state index is 0.250. The summed E-state index contributed by atoms with van der Waals surface area (Å²) in [6, 6.07) is 12.7. The number of anilines is 1. The summed E-state index contributed by atoms with van der Waals surface area (Å²) in [5, 5.41) is 12.4. The predicted molar refractivity (Wildman–Crippen MR) is 82.7 cm³/mol. The van der Waals surface area contributed by atoms with Crippen molar-refractivity contribution in [3.8, 4) is 23.3 Å². The molecule has 0 aromatic heterocycles. The maximum absolute atomic E-state index is 8.82. The van der Waals surface area contributed by atoms with Crippen molar-refractivity contribution in [2.24, 2.45) is 0 Å². The molecular formula is C16H13ClN2O3. The molecule has 1 heterocycles. The van der Waals surface area contributed by atoms with Crippen molar-refractivity contribution in [1.29, 1.82) is 5.26 Å². The van der Waals surface area contributed by atoms with E-state index in [1.807, 2.05) is 24.3 Å². The highest BCUT2D eigenvalue weighted by molar-refractivity contribution is 6.32. The van der Waals surface area contributed by atoms with Gasteiger partial charge in [-0.1, -0.05) is 11.6 Å². The van der Waals surface area contributed by atoms with Gasteiger partial charge >= 0.3 is 0 Å². The molecule has 0 spiro atoms. The first-order valence-corrected chi connectivity index (χ1v) is 7.10. The zero-order valence-electron chi connectivity index (χ0n) is 11.6. The fourth-order valence-electron chi connectivity index (χ4n) is 2.05. The number of nitrogens with one attached hydrogen (secondary N) is 1. The molecule has 0 radical (unpaired) electrons. The lowest BCUT2D eigenvalue weighted by molar-refractivity contribution is 0.174. The maximum Gasteiger partial charge on any atom is 0.231 e. The fourth-order valence-corrected chi connectivity index (χ4v) is 2.27. The highest BCUT2D eigenvalue weighted by Gasteiger charge is 2.13. The average Bonchev–Trinajstić information content (AvgIpc) is 2.99. The third-order valence-electron chi connectivity index (χ3n) is 3.13. The smallest absolute Gasteiger partial charge is 0.231 e. The largest absolute Gasteiger partial charge is 0.492 e. The summed E-state index contributed by atoms with van der Waals surface area (Å²) in [6.45, 7) is 1.34. The van der Waals surface area contributed by atoms with Crippen LogP contribution in [0.1, 0.15) is 5.56 Å². The van der Waals surface area contributed by atoms with Crippen molar-refractivity contribution >= 4 is 17.3 Å². The third kappa shape index (κ3) is 3.18. The average molecular weight is 317 g/mol. The molecule has 1 N–H and O–H groups in total. The summed E-state index contributed by atoms with van der Waals surface area (Å²) in [7, 11) is 0. The molecule has 0 saturated carbocycles. The van der Waals surface area contributed by atoms with Gasteiger partial charge in [0.2, 0.25) is 6.79 Å². The molecule has 3 rings (SSSR count). The molecule has 6 heteroatoms. The van der Waals surface area contributed by atoms with E-state index in [1.54, 1.807) is 18.2 Å². The number of hydrogen-bond acceptors (Lipinski definition) is 5. The molecule has 0 unspecified atom stereocenters. The van der Waals surface area contributed by atoms with Crippen molar-refractivity contribution in [3.05, 3.63) is 47.0 Å². The van der Waals surface area contributed by atoms with Crippen molar-refractivity contribution < 1.29 is 14.2 Å². The summed E-state index contributed by atoms with van der Waals surface area (Å²) >= 11 is 5.97. The van der Waals surface area contributed by atoms with Crippen LogP contribution in [0.5, 0.6) is 17.2 Å². The van der Waals surface area contributed by atoms with E-state index in [1.165, 1.54) is 0 Å². The second kappa shape index (κ2) is 6.46. The van der Waals surface area contributed by atoms with E-state index >= 15 is 0 Å². The van der Waals surface area contributed by atoms with Crippen LogP contribution >= 0.6 is 11.6 Å². The highest BCUT2D eigenvalue weighted by atomic mass is 35.5. The Kier molecular flexibility index (Phi) is 4.22. The number of rotatable bonds is 5. The van der Waals surface area contributed by atoms with Gasteiger partial charge in [-0.25, -0.2) is 0 Å². The van der Waals surface area contributed by atoms with E-state index in [0.29, 0.717) is 29.5 Å². The molecule has 0 amide bonds. The van der Waals surface area contributed by atoms with Gasteiger partial charge in [0.05, 0.1) is 10.6 Å². The second-order valence-electron chi connectivity index (χ2n) is 4.60. The molecule has 2 aromatic carbocycles. The monoisotopic (exact) mass is 316 g/mol. The molecular weight excluding hydrogens is 304 g/mol. The van der Waals surface area contributed by atoms with Gasteiger partial charge in [-0.15, -0.1) is 0 Å². The Balaban J connectivity index is 1.49. The second-order valence-corrected chi connectivity index (χ2v) is 5.00. The lowest BCUT2D eigenvalue weighted by Gasteiger charge is -2.09. The molecule has 112 valence electrons. The summed E-state index contributed by atoms with van der Waals surface area (Å²) in [4.78, 5) is 0. The van der Waals surface area contributed by atoms with E-state index in [4.69, 9.17) is 31.1 Å². The van der Waals surface area contributed by atoms with E-state index in [0.717, 1.165) is 17.2 Å². The van der Waals surface area contributed by atoms with Crippen molar-refractivity contribution in [2.45, 2.75) is 0 Å². The first kappa shape index (κ1) is 14.4. The van der Waals surface area contributed by atoms with Crippen molar-refractivity contribution in [1.82, 2.24) is 0 Å². The molecule has 0 saturated heterocycles. The van der Waals surface area contributed by atoms with Crippen molar-refractivity contribution in [3.63, 3.8) is 0 Å². The van der Waals surface area contributed by atoms with Gasteiger partial charge in [0.1, 0.15) is 18.4 Å². The SMILES string of the molecule is N#Cc1ccc(NCCOc2ccc3c(c2)OCO3)cc1Cl. The Bertz CT molecular complexity index is 715. The van der Waals surface area contributed by atoms with E-state index in [-0.39, 0.29) is 6.79 Å². The van der Waals surface area contributed by atoms with Gasteiger partial charge in [0.15, 0.2) is 11.5 Å². The number of nitriles is 1. The van der Waals surface area contributed by atoms with Crippen LogP contribution in [0.2, 0.25) is 5.02 Å². The minimum Gasteiger partial charge on any atom is -0.492 e. The number of benzene rings is 2. The zero-order valence-corrected chi connectivity index (χ0v) is 12.4. The van der Waals surface area contributed by atoms with E-state index < -0.39 is 0 Å². The molecule has 1 aliphatic rings. The fraction of sp³-hybridized carbons (Fsp3) is 0.188. The molecule has 0 atom stereocenters. The van der Waals surface area contributed by atoms with Crippen LogP contribution in [0.3, 0.4) is 0 Å². The van der Waals surface area contributed by atoms with Gasteiger partial charge in [-0.3, -0.25) is 0 Å². The molecule has 0 aliphatic carbocycles. The molecule has 5 nitrogen and oxygen atoms in total. The van der Waals surface area contributed by atoms with E-state index in [2.05, 4.69) is 5.32 Å². The Morgan fingerprint density at radius 2 is 2.05 bits per heavy atom. The quantitative estimate of drug-likeness (QED) is 0.856. The van der Waals surface area contributed by atoms with Gasteiger partial charge in [-0.05, 0) is 30.3 Å². The molecule has 22 heavy (non-hydrogen) atoms. The number of nitrogens with zero attached hydrogens (tertiary/aromatic N) is 1. The van der Waals surface area contributed by atoms with E-state index in [9.17, 15) is 0 Å². The summed E-state index contributed by atoms with van der Waals surface area (Å²) < 4.78 is 16.2. The van der Waals surface area contributed by atoms with Crippen molar-refractivity contribution in [2.75, 3.05) is 25.3 Å². The lowest BCUT2D eigenvalue weighted by atomic mass is 10.2. The summed E-state index contributed by atoms with van der Waals surface area (Å²) in [5.41, 5.74) is 1.31. The van der Waals surface area contributed by atoms with Crippen LogP contribution in [-0.4, -0.2) is 19.9 Å². The van der Waals surface area contributed by atoms with Crippen LogP contribution in [0.4, 0.5) is 5.69 Å². The van der Waals surface area contributed by atoms with Crippen LogP contribution in [0.15, 0.2) is 36.4 Å². The molecule has 1 aliphatic heterocycles. The number of hydrogen-bond donors (Lipinski definition) is 1. The lowest BCUT2D eigenvalue weighted by Crippen LogP contribution is -2.11. The minimum atomic E-state index is 0.250. The maximum atomic E-state index is 8.82. The van der Waals surface area contributed by atoms with Gasteiger partial charge in [-0.2, -0.15) is 5.26 Å². The van der Waals surface area contributed by atoms with Gasteiger partial charge in [0, 0.05) is 18.3 Å². The van der Waals surface area contributed by atoms with Gasteiger partial charge in [0.25, 0.3) is 0 Å². The molecule has 2 aromatic rings. The number of halogens is 1. The topological polar surface area (TPSA) is 63.5 Å². The zero-order chi connectivity index (χ0) is 15.4. The van der Waals surface area contributed by atoms with Crippen LogP contribution in [-0.2, 0) is 0 Å². The van der Waals surface area contributed by atoms with Gasteiger partial charge < -0.3 is 19.5 Å². The highest BCUT2D eigenvalue weighted by Crippen LogP contribution is 2.35. The Morgan fingerprint density at radius 3 is 2.86 bits per heavy atom. The number of ether oxygens (including phenoxy) is 3. The first-order chi connectivity index (χ1) is 10.8. The third-order valence-corrected chi connectivity index (χ3v) is 3.45. The Morgan fingerprint density at radius 1 is 1.18 bits per heavy atom. The molecule has 0 fully saturated rings. The Hall–Kier alpha value is -2.58. The number of fused-ring (bicyclic) bond motifs is 1. The van der Waals surface area contributed by atoms with Crippen LogP contribution in [0, 0.1) is 11.3 Å². The summed E-state index contributed by atoms with van der Waals surface area (Å²) in [5.74, 6) is 2.16. The standard InChI is InChI=1S/C16H13ClN2O3/c17-14-7-12(2-1-11(14)9-18)19-5-6-20-13-3-4-15-16(8-13)22-10-21-15/h1-4,7-8,19H,5-6,10H2. The van der Waals surface area contributed by atoms with Crippen LogP contribution < -0.4 is 19.5 Å². The normalized spacial score (nSPS) is 11.8. The predicted octanol–water partition coefficient (Wildman–Crippen LogP) is 3.43. The summed E-state index contributed by atoms with van der Waals surface area (Å²) in [6.07, 6.45) is 0. The Labute approximate surface area is 133 Å². The first-order valence-electron chi connectivity index (χ1n) is 6.72.